The monoisotopic (exact) mass is 446 g/mol. The average Bonchev–Trinajstić information content (AvgIpc) is 3.39. The summed E-state index contributed by atoms with van der Waals surface area (Å²) in [5, 5.41) is 6.68. The van der Waals surface area contributed by atoms with Crippen LogP contribution in [-0.2, 0) is 11.8 Å². The predicted molar refractivity (Wildman–Crippen MR) is 118 cm³/mol. The lowest BCUT2D eigenvalue weighted by atomic mass is 10.1. The van der Waals surface area contributed by atoms with Crippen molar-refractivity contribution in [3.63, 3.8) is 0 Å². The van der Waals surface area contributed by atoms with E-state index in [4.69, 9.17) is 9.47 Å². The molecule has 1 aromatic carbocycles. The molecule has 3 N–H and O–H groups in total. The molecule has 0 spiro atoms. The van der Waals surface area contributed by atoms with Gasteiger partial charge >= 0.3 is 5.69 Å². The maximum Gasteiger partial charge on any atom is 0.329 e. The number of methoxy groups -OCH3 is 2. The van der Waals surface area contributed by atoms with Gasteiger partial charge in [-0.05, 0) is 23.6 Å². The normalized spacial score (nSPS) is 14.7. The third-order valence-electron chi connectivity index (χ3n) is 5.02. The van der Waals surface area contributed by atoms with Gasteiger partial charge in [0.1, 0.15) is 18.1 Å². The standard InChI is InChI=1S/C19H22N6O5S/c1-23-17-16(18(27)21-19(23)28)24(9-20-17)7-15(26)22-25-10-31-8-12(25)11-4-5-13(29-2)14(6-11)30-3/h4-6,8,20H,7,9-10H2,1-3H3,(H,22,26)(H,21,27,28). The Morgan fingerprint density at radius 2 is 2.00 bits per heavy atom. The molecular formula is C19H22N6O5S. The van der Waals surface area contributed by atoms with Crippen LogP contribution in [0.4, 0.5) is 11.5 Å². The van der Waals surface area contributed by atoms with Crippen molar-refractivity contribution in [1.29, 1.82) is 0 Å². The zero-order valence-corrected chi connectivity index (χ0v) is 18.0. The second kappa shape index (κ2) is 8.30. The summed E-state index contributed by atoms with van der Waals surface area (Å²) >= 11 is 1.55. The number of hydrogen-bond donors (Lipinski definition) is 3. The van der Waals surface area contributed by atoms with Gasteiger partial charge in [0.15, 0.2) is 11.5 Å². The van der Waals surface area contributed by atoms with Crippen LogP contribution in [0.3, 0.4) is 0 Å². The Labute approximate surface area is 181 Å². The van der Waals surface area contributed by atoms with Crippen LogP contribution < -0.4 is 36.4 Å². The molecule has 0 aliphatic carbocycles. The van der Waals surface area contributed by atoms with E-state index < -0.39 is 11.2 Å². The number of ether oxygens (including phenoxy) is 2. The highest BCUT2D eigenvalue weighted by Crippen LogP contribution is 2.35. The summed E-state index contributed by atoms with van der Waals surface area (Å²) in [6.45, 7) is 0.192. The van der Waals surface area contributed by atoms with Crippen molar-refractivity contribution in [2.75, 3.05) is 43.5 Å². The first-order valence-corrected chi connectivity index (χ1v) is 10.4. The fraction of sp³-hybridized carbons (Fsp3) is 0.316. The Balaban J connectivity index is 1.48. The Morgan fingerprint density at radius 3 is 2.74 bits per heavy atom. The largest absolute Gasteiger partial charge is 0.493 e. The van der Waals surface area contributed by atoms with Gasteiger partial charge in [0.2, 0.25) is 0 Å². The summed E-state index contributed by atoms with van der Waals surface area (Å²) in [7, 11) is 4.69. The Hall–Kier alpha value is -3.54. The minimum atomic E-state index is -0.529. The number of H-pyrrole nitrogens is 1. The first-order valence-electron chi connectivity index (χ1n) is 9.36. The van der Waals surface area contributed by atoms with Crippen molar-refractivity contribution in [2.45, 2.75) is 0 Å². The molecule has 1 amide bonds. The van der Waals surface area contributed by atoms with Crippen LogP contribution in [0.15, 0.2) is 33.2 Å². The third-order valence-corrected chi connectivity index (χ3v) is 5.81. The number of hydrazine groups is 1. The van der Waals surface area contributed by atoms with Crippen molar-refractivity contribution < 1.29 is 14.3 Å². The summed E-state index contributed by atoms with van der Waals surface area (Å²) in [6, 6.07) is 5.54. The zero-order chi connectivity index (χ0) is 22.1. The molecule has 0 fully saturated rings. The van der Waals surface area contributed by atoms with E-state index in [-0.39, 0.29) is 24.8 Å². The van der Waals surface area contributed by atoms with E-state index >= 15 is 0 Å². The van der Waals surface area contributed by atoms with Gasteiger partial charge < -0.3 is 19.7 Å². The molecule has 4 rings (SSSR count). The molecule has 0 bridgehead atoms. The van der Waals surface area contributed by atoms with Gasteiger partial charge in [0.25, 0.3) is 11.5 Å². The predicted octanol–water partition coefficient (Wildman–Crippen LogP) is 0.316. The fourth-order valence-corrected chi connectivity index (χ4v) is 4.33. The molecule has 2 aromatic rings. The van der Waals surface area contributed by atoms with Crippen LogP contribution in [-0.4, -0.2) is 53.8 Å². The highest BCUT2D eigenvalue weighted by atomic mass is 32.2. The van der Waals surface area contributed by atoms with Gasteiger partial charge in [-0.2, -0.15) is 0 Å². The number of benzene rings is 1. The highest BCUT2D eigenvalue weighted by molar-refractivity contribution is 8.02. The van der Waals surface area contributed by atoms with Crippen molar-refractivity contribution >= 4 is 34.9 Å². The van der Waals surface area contributed by atoms with Gasteiger partial charge in [0, 0.05) is 12.6 Å². The second-order valence-corrected chi connectivity index (χ2v) is 7.71. The van der Waals surface area contributed by atoms with Gasteiger partial charge in [-0.15, -0.1) is 11.8 Å². The molecule has 0 saturated carbocycles. The lowest BCUT2D eigenvalue weighted by molar-refractivity contribution is -0.122. The molecule has 31 heavy (non-hydrogen) atoms. The average molecular weight is 446 g/mol. The molecular weight excluding hydrogens is 424 g/mol. The summed E-state index contributed by atoms with van der Waals surface area (Å²) in [5.74, 6) is 1.85. The number of carbonyl (C=O) groups excluding carboxylic acids is 1. The van der Waals surface area contributed by atoms with Crippen LogP contribution in [0, 0.1) is 0 Å². The summed E-state index contributed by atoms with van der Waals surface area (Å²) in [5.41, 5.74) is 3.79. The zero-order valence-electron chi connectivity index (χ0n) is 17.2. The number of thioether (sulfide) groups is 1. The van der Waals surface area contributed by atoms with E-state index in [9.17, 15) is 14.4 Å². The van der Waals surface area contributed by atoms with Crippen LogP contribution in [0.1, 0.15) is 5.56 Å². The number of aromatic amines is 1. The van der Waals surface area contributed by atoms with Crippen LogP contribution in [0.2, 0.25) is 0 Å². The molecule has 0 radical (unpaired) electrons. The van der Waals surface area contributed by atoms with Crippen molar-refractivity contribution in [3.05, 3.63) is 50.0 Å². The summed E-state index contributed by atoms with van der Waals surface area (Å²) < 4.78 is 12.0. The molecule has 0 atom stereocenters. The highest BCUT2D eigenvalue weighted by Gasteiger charge is 2.28. The van der Waals surface area contributed by atoms with Crippen molar-refractivity contribution in [2.24, 2.45) is 7.05 Å². The van der Waals surface area contributed by atoms with E-state index in [1.165, 1.54) is 4.57 Å². The number of nitrogens with one attached hydrogen (secondary N) is 3. The molecule has 3 heterocycles. The van der Waals surface area contributed by atoms with E-state index in [0.717, 1.165) is 11.3 Å². The van der Waals surface area contributed by atoms with Crippen molar-refractivity contribution in [3.8, 4) is 11.5 Å². The molecule has 0 unspecified atom stereocenters. The third kappa shape index (κ3) is 3.81. The maximum absolute atomic E-state index is 12.7. The fourth-order valence-electron chi connectivity index (χ4n) is 3.48. The second-order valence-electron chi connectivity index (χ2n) is 6.88. The lowest BCUT2D eigenvalue weighted by Crippen LogP contribution is -2.45. The summed E-state index contributed by atoms with van der Waals surface area (Å²) in [4.78, 5) is 40.6. The van der Waals surface area contributed by atoms with E-state index in [2.05, 4.69) is 15.7 Å². The first-order chi connectivity index (χ1) is 14.9. The van der Waals surface area contributed by atoms with E-state index in [0.29, 0.717) is 23.2 Å². The van der Waals surface area contributed by atoms with Gasteiger partial charge in [-0.3, -0.25) is 29.6 Å². The lowest BCUT2D eigenvalue weighted by Gasteiger charge is -2.25. The van der Waals surface area contributed by atoms with Gasteiger partial charge in [-0.25, -0.2) is 4.79 Å². The number of aromatic nitrogens is 2. The number of rotatable bonds is 6. The number of amides is 1. The number of anilines is 2. The molecule has 0 saturated heterocycles. The van der Waals surface area contributed by atoms with Gasteiger partial charge in [-0.1, -0.05) is 0 Å². The molecule has 2 aliphatic heterocycles. The van der Waals surface area contributed by atoms with Crippen LogP contribution in [0.25, 0.3) is 5.70 Å². The molecule has 11 nitrogen and oxygen atoms in total. The summed E-state index contributed by atoms with van der Waals surface area (Å²) in [6.07, 6.45) is 0. The smallest absolute Gasteiger partial charge is 0.329 e. The van der Waals surface area contributed by atoms with E-state index in [1.54, 1.807) is 49.0 Å². The number of carbonyl (C=O) groups is 1. The molecule has 12 heteroatoms. The molecule has 2 aliphatic rings. The van der Waals surface area contributed by atoms with Crippen LogP contribution >= 0.6 is 11.8 Å². The van der Waals surface area contributed by atoms with Crippen molar-refractivity contribution in [1.82, 2.24) is 20.0 Å². The minimum Gasteiger partial charge on any atom is -0.493 e. The molecule has 1 aromatic heterocycles. The van der Waals surface area contributed by atoms with E-state index in [1.807, 2.05) is 17.5 Å². The Kier molecular flexibility index (Phi) is 5.55. The topological polar surface area (TPSA) is 121 Å². The maximum atomic E-state index is 12.7. The minimum absolute atomic E-state index is 0.0539. The number of fused-ring (bicyclic) bond motifs is 1. The first kappa shape index (κ1) is 20.7. The van der Waals surface area contributed by atoms with Gasteiger partial charge in [0.05, 0.1) is 32.5 Å². The SMILES string of the molecule is COc1ccc(C2=CSCN2NC(=O)CN2CNc3c2c(=O)[nH]c(=O)n3C)cc1OC. The quantitative estimate of drug-likeness (QED) is 0.576. The number of nitrogens with zero attached hydrogens (tertiary/aromatic N) is 3. The molecule has 164 valence electrons. The Bertz CT molecular complexity index is 1170. The van der Waals surface area contributed by atoms with Crippen LogP contribution in [0.5, 0.6) is 11.5 Å². The Morgan fingerprint density at radius 1 is 1.23 bits per heavy atom. The number of hydrogen-bond acceptors (Lipinski definition) is 9.